The van der Waals surface area contributed by atoms with Gasteiger partial charge in [-0.1, -0.05) is 38.4 Å². The topological polar surface area (TPSA) is 43.8 Å². The molecule has 2 N–H and O–H groups in total. The van der Waals surface area contributed by atoms with Crippen molar-refractivity contribution in [1.29, 1.82) is 0 Å². The number of nitrogens with two attached hydrogens (primary N) is 1. The third-order valence-corrected chi connectivity index (χ3v) is 2.95. The van der Waals surface area contributed by atoms with Crippen LogP contribution in [-0.2, 0) is 5.41 Å². The molecule has 2 rings (SSSR count). The third kappa shape index (κ3) is 2.44. The molecule has 1 aromatic heterocycles. The van der Waals surface area contributed by atoms with E-state index in [9.17, 15) is 0 Å². The normalized spacial score (nSPS) is 11.8. The van der Waals surface area contributed by atoms with Crippen molar-refractivity contribution in [2.45, 2.75) is 26.2 Å². The highest BCUT2D eigenvalue weighted by Crippen LogP contribution is 2.30. The molecule has 2 aromatic rings. The number of anilines is 1. The minimum atomic E-state index is 0.0404. The summed E-state index contributed by atoms with van der Waals surface area (Å²) in [6.07, 6.45) is 1.82. The van der Waals surface area contributed by atoms with E-state index in [1.807, 2.05) is 24.4 Å². The van der Waals surface area contributed by atoms with E-state index < -0.39 is 0 Å². The van der Waals surface area contributed by atoms with E-state index in [-0.39, 0.29) is 5.41 Å². The summed E-state index contributed by atoms with van der Waals surface area (Å²) >= 11 is 6.30. The Morgan fingerprint density at radius 1 is 1.24 bits per heavy atom. The maximum atomic E-state index is 6.30. The second kappa shape index (κ2) is 4.08. The smallest absolute Gasteiger partial charge is 0.145 e. The third-order valence-electron chi connectivity index (χ3n) is 2.63. The SMILES string of the molecule is CC(C)(C)c1ccc(-n2ccc(N)n2)cc1Cl. The van der Waals surface area contributed by atoms with Gasteiger partial charge in [0.25, 0.3) is 0 Å². The fourth-order valence-corrected chi connectivity index (χ4v) is 2.19. The minimum absolute atomic E-state index is 0.0404. The van der Waals surface area contributed by atoms with Gasteiger partial charge in [-0.2, -0.15) is 5.10 Å². The zero-order valence-electron chi connectivity index (χ0n) is 10.2. The highest BCUT2D eigenvalue weighted by atomic mass is 35.5. The number of halogens is 1. The second-order valence-corrected chi connectivity index (χ2v) is 5.51. The predicted octanol–water partition coefficient (Wildman–Crippen LogP) is 3.41. The van der Waals surface area contributed by atoms with Crippen LogP contribution in [0, 0.1) is 0 Å². The largest absolute Gasteiger partial charge is 0.382 e. The molecule has 0 amide bonds. The number of hydrogen-bond donors (Lipinski definition) is 1. The first-order valence-electron chi connectivity index (χ1n) is 5.49. The summed E-state index contributed by atoms with van der Waals surface area (Å²) in [7, 11) is 0. The molecule has 17 heavy (non-hydrogen) atoms. The van der Waals surface area contributed by atoms with Crippen molar-refractivity contribution in [1.82, 2.24) is 9.78 Å². The summed E-state index contributed by atoms with van der Waals surface area (Å²) in [4.78, 5) is 0. The molecule has 0 saturated heterocycles. The van der Waals surface area contributed by atoms with Crippen molar-refractivity contribution < 1.29 is 0 Å². The fraction of sp³-hybridized carbons (Fsp3) is 0.308. The Balaban J connectivity index is 2.44. The molecule has 0 aliphatic heterocycles. The number of nitrogens with zero attached hydrogens (tertiary/aromatic N) is 2. The van der Waals surface area contributed by atoms with Gasteiger partial charge >= 0.3 is 0 Å². The Morgan fingerprint density at radius 3 is 2.41 bits per heavy atom. The molecule has 1 aromatic carbocycles. The predicted molar refractivity (Wildman–Crippen MR) is 71.7 cm³/mol. The van der Waals surface area contributed by atoms with Crippen LogP contribution in [0.4, 0.5) is 5.82 Å². The Hall–Kier alpha value is -1.48. The van der Waals surface area contributed by atoms with Crippen LogP contribution >= 0.6 is 11.6 Å². The van der Waals surface area contributed by atoms with Crippen LogP contribution in [-0.4, -0.2) is 9.78 Å². The van der Waals surface area contributed by atoms with Gasteiger partial charge in [0.2, 0.25) is 0 Å². The minimum Gasteiger partial charge on any atom is -0.382 e. The van der Waals surface area contributed by atoms with Gasteiger partial charge in [0.05, 0.1) is 5.69 Å². The molecule has 0 saturated carbocycles. The van der Waals surface area contributed by atoms with Gasteiger partial charge in [-0.15, -0.1) is 0 Å². The lowest BCUT2D eigenvalue weighted by molar-refractivity contribution is 0.590. The summed E-state index contributed by atoms with van der Waals surface area (Å²) < 4.78 is 1.72. The molecule has 90 valence electrons. The zero-order valence-corrected chi connectivity index (χ0v) is 11.0. The molecule has 1 heterocycles. The zero-order chi connectivity index (χ0) is 12.6. The molecule has 4 heteroatoms. The fourth-order valence-electron chi connectivity index (χ4n) is 1.74. The molecule has 0 aliphatic rings. The summed E-state index contributed by atoms with van der Waals surface area (Å²) in [6, 6.07) is 7.70. The number of hydrogen-bond acceptors (Lipinski definition) is 2. The molecule has 0 fully saturated rings. The van der Waals surface area contributed by atoms with Crippen LogP contribution < -0.4 is 5.73 Å². The van der Waals surface area contributed by atoms with E-state index in [1.165, 1.54) is 0 Å². The molecule has 0 unspecified atom stereocenters. The van der Waals surface area contributed by atoms with Crippen molar-refractivity contribution in [3.05, 3.63) is 41.0 Å². The number of nitrogen functional groups attached to an aromatic ring is 1. The molecule has 0 spiro atoms. The Bertz CT molecular complexity index is 538. The van der Waals surface area contributed by atoms with Crippen molar-refractivity contribution in [2.24, 2.45) is 0 Å². The first-order chi connectivity index (χ1) is 7.88. The average molecular weight is 250 g/mol. The summed E-state index contributed by atoms with van der Waals surface area (Å²) in [5.74, 6) is 0.501. The molecule has 0 radical (unpaired) electrons. The van der Waals surface area contributed by atoms with Crippen molar-refractivity contribution >= 4 is 17.4 Å². The van der Waals surface area contributed by atoms with Crippen molar-refractivity contribution in [3.8, 4) is 5.69 Å². The Kier molecular flexibility index (Phi) is 2.87. The Morgan fingerprint density at radius 2 is 1.94 bits per heavy atom. The average Bonchev–Trinajstić information content (AvgIpc) is 2.62. The van der Waals surface area contributed by atoms with Crippen LogP contribution in [0.5, 0.6) is 0 Å². The summed E-state index contributed by atoms with van der Waals surface area (Å²) in [5.41, 5.74) is 7.67. The summed E-state index contributed by atoms with van der Waals surface area (Å²) in [5, 5.41) is 4.90. The molecule has 3 nitrogen and oxygen atoms in total. The molecule has 0 atom stereocenters. The van der Waals surface area contributed by atoms with Gasteiger partial charge in [0.1, 0.15) is 5.82 Å². The lowest BCUT2D eigenvalue weighted by atomic mass is 9.87. The molecule has 0 bridgehead atoms. The van der Waals surface area contributed by atoms with Crippen LogP contribution in [0.2, 0.25) is 5.02 Å². The maximum absolute atomic E-state index is 6.30. The first-order valence-corrected chi connectivity index (χ1v) is 5.87. The van der Waals surface area contributed by atoms with E-state index in [0.29, 0.717) is 5.82 Å². The highest BCUT2D eigenvalue weighted by molar-refractivity contribution is 6.31. The van der Waals surface area contributed by atoms with Gasteiger partial charge in [-0.25, -0.2) is 4.68 Å². The second-order valence-electron chi connectivity index (χ2n) is 5.10. The monoisotopic (exact) mass is 249 g/mol. The van der Waals surface area contributed by atoms with Crippen molar-refractivity contribution in [3.63, 3.8) is 0 Å². The molecule has 0 aliphatic carbocycles. The van der Waals surface area contributed by atoms with Gasteiger partial charge in [0.15, 0.2) is 0 Å². The number of benzene rings is 1. The van der Waals surface area contributed by atoms with Crippen LogP contribution in [0.1, 0.15) is 26.3 Å². The summed E-state index contributed by atoms with van der Waals surface area (Å²) in [6.45, 7) is 6.42. The first kappa shape index (κ1) is 12.0. The van der Waals surface area contributed by atoms with E-state index >= 15 is 0 Å². The lowest BCUT2D eigenvalue weighted by Gasteiger charge is -2.21. The van der Waals surface area contributed by atoms with E-state index in [1.54, 1.807) is 10.7 Å². The quantitative estimate of drug-likeness (QED) is 0.842. The van der Waals surface area contributed by atoms with Gasteiger partial charge in [-0.3, -0.25) is 0 Å². The van der Waals surface area contributed by atoms with Gasteiger partial charge < -0.3 is 5.73 Å². The maximum Gasteiger partial charge on any atom is 0.145 e. The van der Waals surface area contributed by atoms with Gasteiger partial charge in [0, 0.05) is 17.3 Å². The molecular formula is C13H16ClN3. The van der Waals surface area contributed by atoms with E-state index in [2.05, 4.69) is 25.9 Å². The van der Waals surface area contributed by atoms with E-state index in [0.717, 1.165) is 16.3 Å². The van der Waals surface area contributed by atoms with Crippen molar-refractivity contribution in [2.75, 3.05) is 5.73 Å². The number of aromatic nitrogens is 2. The number of rotatable bonds is 1. The van der Waals surface area contributed by atoms with Gasteiger partial charge in [-0.05, 0) is 23.1 Å². The van der Waals surface area contributed by atoms with Crippen LogP contribution in [0.15, 0.2) is 30.5 Å². The molecular weight excluding hydrogens is 234 g/mol. The van der Waals surface area contributed by atoms with Crippen LogP contribution in [0.3, 0.4) is 0 Å². The van der Waals surface area contributed by atoms with E-state index in [4.69, 9.17) is 17.3 Å². The van der Waals surface area contributed by atoms with Crippen LogP contribution in [0.25, 0.3) is 5.69 Å². The lowest BCUT2D eigenvalue weighted by Crippen LogP contribution is -2.12. The standard InChI is InChI=1S/C13H16ClN3/c1-13(2,3)10-5-4-9(8-11(10)14)17-7-6-12(15)16-17/h4-8H,1-3H3,(H2,15,16). The Labute approximate surface area is 106 Å². The highest BCUT2D eigenvalue weighted by Gasteiger charge is 2.17.